The van der Waals surface area contributed by atoms with Crippen molar-refractivity contribution in [3.63, 3.8) is 0 Å². The van der Waals surface area contributed by atoms with Gasteiger partial charge in [-0.2, -0.15) is 0 Å². The van der Waals surface area contributed by atoms with E-state index in [4.69, 9.17) is 5.11 Å². The summed E-state index contributed by atoms with van der Waals surface area (Å²) in [6, 6.07) is 1.05. The zero-order valence-corrected chi connectivity index (χ0v) is 7.40. The lowest BCUT2D eigenvalue weighted by Crippen LogP contribution is -2.02. The predicted octanol–water partition coefficient (Wildman–Crippen LogP) is 0.458. The highest BCUT2D eigenvalue weighted by molar-refractivity contribution is 14.1. The molecule has 0 amide bonds. The van der Waals surface area contributed by atoms with Gasteiger partial charge in [-0.05, 0) is 22.6 Å². The molecule has 1 aromatic rings. The fourth-order valence-electron chi connectivity index (χ4n) is 0.545. The quantitative estimate of drug-likeness (QED) is 0.590. The lowest BCUT2D eigenvalue weighted by molar-refractivity contribution is -0.270. The molecule has 0 atom stereocenters. The van der Waals surface area contributed by atoms with Crippen LogP contribution < -0.4 is 5.11 Å². The molecule has 1 aromatic heterocycles. The Morgan fingerprint density at radius 3 is 2.82 bits per heavy atom. The van der Waals surface area contributed by atoms with Crippen molar-refractivity contribution in [2.75, 3.05) is 0 Å². The second kappa shape index (κ2) is 3.04. The molecule has 0 saturated heterocycles. The largest absolute Gasteiger partial charge is 0.871 e. The maximum atomic E-state index is 10.8. The SMILES string of the molecule is O=C(O)c1cnc(I)c([O-])c1. The van der Waals surface area contributed by atoms with Crippen molar-refractivity contribution < 1.29 is 15.0 Å². The number of halogens is 1. The molecule has 0 aliphatic carbocycles. The molecule has 4 nitrogen and oxygen atoms in total. The number of rotatable bonds is 1. The van der Waals surface area contributed by atoms with Gasteiger partial charge in [-0.25, -0.2) is 4.79 Å². The van der Waals surface area contributed by atoms with Crippen molar-refractivity contribution in [1.29, 1.82) is 0 Å². The minimum atomic E-state index is -1.13. The van der Waals surface area contributed by atoms with Crippen molar-refractivity contribution in [2.45, 2.75) is 0 Å². The van der Waals surface area contributed by atoms with Crippen molar-refractivity contribution in [2.24, 2.45) is 0 Å². The maximum Gasteiger partial charge on any atom is 0.337 e. The molecule has 0 radical (unpaired) electrons. The van der Waals surface area contributed by atoms with Gasteiger partial charge >= 0.3 is 5.97 Å². The summed E-state index contributed by atoms with van der Waals surface area (Å²) in [6.45, 7) is 0. The Morgan fingerprint density at radius 2 is 2.36 bits per heavy atom. The van der Waals surface area contributed by atoms with E-state index in [0.29, 0.717) is 0 Å². The molecule has 0 aliphatic rings. The van der Waals surface area contributed by atoms with Gasteiger partial charge < -0.3 is 10.2 Å². The summed E-state index contributed by atoms with van der Waals surface area (Å²) in [5.74, 6) is -1.49. The van der Waals surface area contributed by atoms with Crippen LogP contribution >= 0.6 is 22.6 Å². The van der Waals surface area contributed by atoms with Gasteiger partial charge in [-0.1, -0.05) is 11.8 Å². The molecular weight excluding hydrogens is 261 g/mol. The Balaban J connectivity index is 3.15. The van der Waals surface area contributed by atoms with Crippen LogP contribution in [0.3, 0.4) is 0 Å². The van der Waals surface area contributed by atoms with Gasteiger partial charge in [-0.3, -0.25) is 4.98 Å². The molecule has 0 fully saturated rings. The maximum absolute atomic E-state index is 10.8. The molecule has 1 heterocycles. The summed E-state index contributed by atoms with van der Waals surface area (Å²) in [6.07, 6.45) is 1.16. The highest BCUT2D eigenvalue weighted by Crippen LogP contribution is 2.14. The molecule has 11 heavy (non-hydrogen) atoms. The lowest BCUT2D eigenvalue weighted by Gasteiger charge is -2.06. The number of nitrogens with zero attached hydrogens (tertiary/aromatic N) is 1. The van der Waals surface area contributed by atoms with Gasteiger partial charge in [-0.15, -0.1) is 0 Å². The Hall–Kier alpha value is -0.850. The van der Waals surface area contributed by atoms with Crippen LogP contribution in [0.15, 0.2) is 12.3 Å². The van der Waals surface area contributed by atoms with E-state index in [1.54, 1.807) is 22.6 Å². The van der Waals surface area contributed by atoms with Crippen LogP contribution in [0.2, 0.25) is 0 Å². The van der Waals surface area contributed by atoms with Gasteiger partial charge in [0.1, 0.15) is 0 Å². The Morgan fingerprint density at radius 1 is 1.73 bits per heavy atom. The van der Waals surface area contributed by atoms with Crippen LogP contribution in [-0.2, 0) is 0 Å². The number of carbonyl (C=O) groups is 1. The molecule has 0 saturated carbocycles. The van der Waals surface area contributed by atoms with Crippen molar-refractivity contribution >= 4 is 28.6 Å². The van der Waals surface area contributed by atoms with E-state index in [2.05, 4.69) is 4.98 Å². The third-order valence-corrected chi connectivity index (χ3v) is 1.86. The molecule has 1 N–H and O–H groups in total. The Bertz CT molecular complexity index is 300. The van der Waals surface area contributed by atoms with Crippen molar-refractivity contribution in [3.8, 4) is 5.75 Å². The fourth-order valence-corrected chi connectivity index (χ4v) is 0.840. The zero-order valence-electron chi connectivity index (χ0n) is 5.24. The summed E-state index contributed by atoms with van der Waals surface area (Å²) in [4.78, 5) is 13.9. The molecule has 0 spiro atoms. The molecule has 0 aromatic carbocycles. The van der Waals surface area contributed by atoms with Crippen molar-refractivity contribution in [1.82, 2.24) is 4.98 Å². The molecule has 1 rings (SSSR count). The van der Waals surface area contributed by atoms with Gasteiger partial charge in [0.05, 0.1) is 9.26 Å². The van der Waals surface area contributed by atoms with E-state index in [1.807, 2.05) is 0 Å². The number of hydrogen-bond acceptors (Lipinski definition) is 3. The van der Waals surface area contributed by atoms with Crippen LogP contribution in [0, 0.1) is 3.70 Å². The average Bonchev–Trinajstić information content (AvgIpc) is 1.94. The summed E-state index contributed by atoms with van der Waals surface area (Å²) in [5, 5.41) is 19.2. The third-order valence-electron chi connectivity index (χ3n) is 1.05. The summed E-state index contributed by atoms with van der Waals surface area (Å²) in [5.41, 5.74) is -0.0737. The standard InChI is InChI=1S/C6H4INO3/c7-5-4(9)1-3(2-8-5)6(10)11/h1-2,9H,(H,10,11)/p-1. The zero-order chi connectivity index (χ0) is 8.43. The van der Waals surface area contributed by atoms with Crippen LogP contribution in [0.5, 0.6) is 5.75 Å². The van der Waals surface area contributed by atoms with Crippen LogP contribution in [0.25, 0.3) is 0 Å². The second-order valence-corrected chi connectivity index (χ2v) is 2.84. The topological polar surface area (TPSA) is 73.2 Å². The predicted molar refractivity (Wildman–Crippen MR) is 43.4 cm³/mol. The molecule has 58 valence electrons. The molecule has 5 heteroatoms. The number of aromatic carboxylic acids is 1. The summed E-state index contributed by atoms with van der Waals surface area (Å²) < 4.78 is 0.285. The summed E-state index contributed by atoms with van der Waals surface area (Å²) >= 11 is 1.75. The van der Waals surface area contributed by atoms with Crippen LogP contribution in [0.4, 0.5) is 0 Å². The minimum Gasteiger partial charge on any atom is -0.871 e. The number of aromatic nitrogens is 1. The van der Waals surface area contributed by atoms with Crippen molar-refractivity contribution in [3.05, 3.63) is 21.5 Å². The highest BCUT2D eigenvalue weighted by Gasteiger charge is 2.01. The first kappa shape index (κ1) is 8.25. The monoisotopic (exact) mass is 264 g/mol. The average molecular weight is 264 g/mol. The van der Waals surface area contributed by atoms with Gasteiger partial charge in [0, 0.05) is 6.20 Å². The second-order valence-electron chi connectivity index (χ2n) is 1.82. The number of carboxylic acids is 1. The Kier molecular flexibility index (Phi) is 2.28. The Labute approximate surface area is 76.0 Å². The first-order valence-corrected chi connectivity index (χ1v) is 3.75. The normalized spacial score (nSPS) is 9.55. The summed E-state index contributed by atoms with van der Waals surface area (Å²) in [7, 11) is 0. The third kappa shape index (κ3) is 1.79. The van der Waals surface area contributed by atoms with E-state index in [0.717, 1.165) is 12.3 Å². The van der Waals surface area contributed by atoms with Gasteiger partial charge in [0.25, 0.3) is 0 Å². The van der Waals surface area contributed by atoms with Crippen LogP contribution in [0.1, 0.15) is 10.4 Å². The first-order chi connectivity index (χ1) is 5.11. The van der Waals surface area contributed by atoms with Gasteiger partial charge in [0.2, 0.25) is 0 Å². The van der Waals surface area contributed by atoms with E-state index in [9.17, 15) is 9.90 Å². The molecular formula is C6H3INO3-. The highest BCUT2D eigenvalue weighted by atomic mass is 127. The fraction of sp³-hybridized carbons (Fsp3) is 0. The van der Waals surface area contributed by atoms with Crippen LogP contribution in [-0.4, -0.2) is 16.1 Å². The molecule has 0 bridgehead atoms. The molecule has 0 unspecified atom stereocenters. The number of hydrogen-bond donors (Lipinski definition) is 1. The van der Waals surface area contributed by atoms with E-state index >= 15 is 0 Å². The van der Waals surface area contributed by atoms with E-state index < -0.39 is 5.97 Å². The first-order valence-electron chi connectivity index (χ1n) is 2.67. The van der Waals surface area contributed by atoms with E-state index in [1.165, 1.54) is 0 Å². The number of pyridine rings is 1. The smallest absolute Gasteiger partial charge is 0.337 e. The number of carboxylic acid groups (broad SMARTS) is 1. The van der Waals surface area contributed by atoms with Gasteiger partial charge in [0.15, 0.2) is 0 Å². The van der Waals surface area contributed by atoms with E-state index in [-0.39, 0.29) is 15.0 Å². The molecule has 0 aliphatic heterocycles. The minimum absolute atomic E-state index is 0.0737. The lowest BCUT2D eigenvalue weighted by atomic mass is 10.3.